The van der Waals surface area contributed by atoms with Gasteiger partial charge in [0.2, 0.25) is 0 Å². The van der Waals surface area contributed by atoms with Crippen molar-refractivity contribution in [2.24, 2.45) is 0 Å². The van der Waals surface area contributed by atoms with Gasteiger partial charge in [0.05, 0.1) is 0 Å². The Morgan fingerprint density at radius 1 is 0.926 bits per heavy atom. The molecule has 0 amide bonds. The van der Waals surface area contributed by atoms with Crippen LogP contribution in [-0.4, -0.2) is 36.7 Å². The average Bonchev–Trinajstić information content (AvgIpc) is 2.63. The summed E-state index contributed by atoms with van der Waals surface area (Å²) >= 11 is 6.15. The summed E-state index contributed by atoms with van der Waals surface area (Å²) < 4.78 is 11.9. The summed E-state index contributed by atoms with van der Waals surface area (Å²) in [6.07, 6.45) is -0.125. The van der Waals surface area contributed by atoms with Crippen LogP contribution in [-0.2, 0) is 4.74 Å². The van der Waals surface area contributed by atoms with Gasteiger partial charge in [0.1, 0.15) is 18.5 Å². The third-order valence-corrected chi connectivity index (χ3v) is 4.85. The van der Waals surface area contributed by atoms with Crippen molar-refractivity contribution in [2.75, 3.05) is 19.8 Å². The lowest BCUT2D eigenvalue weighted by Gasteiger charge is -2.30. The first kappa shape index (κ1) is 21.7. The Morgan fingerprint density at radius 2 is 1.59 bits per heavy atom. The number of hydrogen-bond acceptors (Lipinski definition) is 3. The maximum absolute atomic E-state index is 6.15. The summed E-state index contributed by atoms with van der Waals surface area (Å²) in [5.41, 5.74) is 2.15. The molecule has 0 spiro atoms. The van der Waals surface area contributed by atoms with E-state index < -0.39 is 0 Å². The minimum absolute atomic E-state index is 0.125. The van der Waals surface area contributed by atoms with Crippen LogP contribution in [0.5, 0.6) is 5.75 Å². The van der Waals surface area contributed by atoms with Gasteiger partial charge in [0.15, 0.2) is 0 Å². The van der Waals surface area contributed by atoms with E-state index in [-0.39, 0.29) is 6.10 Å². The maximum Gasteiger partial charge on any atom is 0.119 e. The monoisotopic (exact) mass is 389 g/mol. The van der Waals surface area contributed by atoms with Gasteiger partial charge >= 0.3 is 0 Å². The molecule has 3 nitrogen and oxygen atoms in total. The SMILES string of the molecule is CCOC(c1ccc(OCCN(C(C)C)C(C)C)cc1)c1cccc(Cl)c1. The van der Waals surface area contributed by atoms with Crippen molar-refractivity contribution in [3.05, 3.63) is 64.7 Å². The number of benzene rings is 2. The van der Waals surface area contributed by atoms with Crippen LogP contribution in [0.4, 0.5) is 0 Å². The molecule has 0 saturated carbocycles. The van der Waals surface area contributed by atoms with E-state index in [0.29, 0.717) is 25.3 Å². The van der Waals surface area contributed by atoms with E-state index in [4.69, 9.17) is 21.1 Å². The smallest absolute Gasteiger partial charge is 0.119 e. The van der Waals surface area contributed by atoms with Crippen LogP contribution in [0, 0.1) is 0 Å². The number of halogens is 1. The molecule has 0 saturated heterocycles. The third kappa shape index (κ3) is 6.53. The fraction of sp³-hybridized carbons (Fsp3) is 0.478. The predicted octanol–water partition coefficient (Wildman–Crippen LogP) is 5.96. The minimum atomic E-state index is -0.125. The first-order valence-corrected chi connectivity index (χ1v) is 10.2. The Kier molecular flexibility index (Phi) is 8.62. The highest BCUT2D eigenvalue weighted by atomic mass is 35.5. The average molecular weight is 390 g/mol. The molecule has 4 heteroatoms. The standard InChI is InChI=1S/C23H32ClNO2/c1-6-26-23(20-8-7-9-21(24)16-20)19-10-12-22(13-11-19)27-15-14-25(17(2)3)18(4)5/h7-13,16-18,23H,6,14-15H2,1-5H3. The molecule has 1 atom stereocenters. The van der Waals surface area contributed by atoms with E-state index >= 15 is 0 Å². The molecule has 1 unspecified atom stereocenters. The summed E-state index contributed by atoms with van der Waals surface area (Å²) in [4.78, 5) is 2.43. The van der Waals surface area contributed by atoms with Crippen LogP contribution in [0.15, 0.2) is 48.5 Å². The second kappa shape index (κ2) is 10.7. The van der Waals surface area contributed by atoms with Gasteiger partial charge in [-0.05, 0) is 70.0 Å². The fourth-order valence-corrected chi connectivity index (χ4v) is 3.54. The Balaban J connectivity index is 2.02. The van der Waals surface area contributed by atoms with Crippen molar-refractivity contribution in [2.45, 2.75) is 52.8 Å². The number of rotatable bonds is 10. The van der Waals surface area contributed by atoms with Crippen LogP contribution in [0.2, 0.25) is 5.02 Å². The second-order valence-electron chi connectivity index (χ2n) is 7.23. The minimum Gasteiger partial charge on any atom is -0.492 e. The Labute approximate surface area is 169 Å². The molecule has 0 heterocycles. The van der Waals surface area contributed by atoms with Crippen LogP contribution >= 0.6 is 11.6 Å². The summed E-state index contributed by atoms with van der Waals surface area (Å²) in [5, 5.41) is 0.719. The van der Waals surface area contributed by atoms with E-state index in [1.165, 1.54) is 0 Å². The molecule has 0 bridgehead atoms. The van der Waals surface area contributed by atoms with Crippen molar-refractivity contribution in [1.29, 1.82) is 0 Å². The summed E-state index contributed by atoms with van der Waals surface area (Å²) in [7, 11) is 0. The first-order valence-electron chi connectivity index (χ1n) is 9.78. The van der Waals surface area contributed by atoms with Crippen molar-refractivity contribution in [3.8, 4) is 5.75 Å². The largest absolute Gasteiger partial charge is 0.492 e. The van der Waals surface area contributed by atoms with E-state index in [9.17, 15) is 0 Å². The lowest BCUT2D eigenvalue weighted by Crippen LogP contribution is -2.39. The molecular formula is C23H32ClNO2. The van der Waals surface area contributed by atoms with Crippen LogP contribution in [0.3, 0.4) is 0 Å². The van der Waals surface area contributed by atoms with Crippen LogP contribution in [0.1, 0.15) is 51.8 Å². The van der Waals surface area contributed by atoms with Crippen molar-refractivity contribution in [1.82, 2.24) is 4.90 Å². The zero-order valence-corrected chi connectivity index (χ0v) is 17.9. The molecular weight excluding hydrogens is 358 g/mol. The lowest BCUT2D eigenvalue weighted by atomic mass is 10.0. The number of nitrogens with zero attached hydrogens (tertiary/aromatic N) is 1. The Morgan fingerprint density at radius 3 is 2.15 bits per heavy atom. The fourth-order valence-electron chi connectivity index (χ4n) is 3.34. The van der Waals surface area contributed by atoms with Crippen molar-refractivity contribution >= 4 is 11.6 Å². The molecule has 0 aliphatic carbocycles. The molecule has 2 aromatic rings. The molecule has 148 valence electrons. The molecule has 0 aliphatic heterocycles. The van der Waals surface area contributed by atoms with Crippen LogP contribution in [0.25, 0.3) is 0 Å². The van der Waals surface area contributed by atoms with E-state index in [0.717, 1.165) is 28.4 Å². The summed E-state index contributed by atoms with van der Waals surface area (Å²) in [6, 6.07) is 17.0. The molecule has 0 N–H and O–H groups in total. The Hall–Kier alpha value is -1.55. The van der Waals surface area contributed by atoms with Gasteiger partial charge in [-0.2, -0.15) is 0 Å². The predicted molar refractivity (Wildman–Crippen MR) is 114 cm³/mol. The van der Waals surface area contributed by atoms with Gasteiger partial charge in [-0.15, -0.1) is 0 Å². The normalized spacial score (nSPS) is 12.8. The highest BCUT2D eigenvalue weighted by Gasteiger charge is 2.15. The van der Waals surface area contributed by atoms with Gasteiger partial charge in [-0.3, -0.25) is 4.90 Å². The first-order chi connectivity index (χ1) is 12.9. The molecule has 27 heavy (non-hydrogen) atoms. The highest BCUT2D eigenvalue weighted by molar-refractivity contribution is 6.30. The van der Waals surface area contributed by atoms with Gasteiger partial charge in [-0.25, -0.2) is 0 Å². The molecule has 2 aromatic carbocycles. The zero-order chi connectivity index (χ0) is 19.8. The molecule has 0 radical (unpaired) electrons. The summed E-state index contributed by atoms with van der Waals surface area (Å²) in [6.45, 7) is 13.1. The van der Waals surface area contributed by atoms with Crippen molar-refractivity contribution < 1.29 is 9.47 Å². The third-order valence-electron chi connectivity index (χ3n) is 4.61. The van der Waals surface area contributed by atoms with Crippen molar-refractivity contribution in [3.63, 3.8) is 0 Å². The van der Waals surface area contributed by atoms with Gasteiger partial charge in [-0.1, -0.05) is 35.9 Å². The van der Waals surface area contributed by atoms with Gasteiger partial charge in [0.25, 0.3) is 0 Å². The number of hydrogen-bond donors (Lipinski definition) is 0. The molecule has 2 rings (SSSR count). The van der Waals surface area contributed by atoms with E-state index in [2.05, 4.69) is 44.7 Å². The van der Waals surface area contributed by atoms with Gasteiger partial charge < -0.3 is 9.47 Å². The Bertz CT molecular complexity index is 677. The van der Waals surface area contributed by atoms with Crippen LogP contribution < -0.4 is 4.74 Å². The van der Waals surface area contributed by atoms with E-state index in [1.807, 2.05) is 43.3 Å². The summed E-state index contributed by atoms with van der Waals surface area (Å²) in [5.74, 6) is 0.882. The van der Waals surface area contributed by atoms with E-state index in [1.54, 1.807) is 0 Å². The van der Waals surface area contributed by atoms with Gasteiger partial charge in [0, 0.05) is 30.3 Å². The number of ether oxygens (including phenoxy) is 2. The lowest BCUT2D eigenvalue weighted by molar-refractivity contribution is 0.0913. The highest BCUT2D eigenvalue weighted by Crippen LogP contribution is 2.29. The maximum atomic E-state index is 6.15. The molecule has 0 aliphatic rings. The zero-order valence-electron chi connectivity index (χ0n) is 17.1. The second-order valence-corrected chi connectivity index (χ2v) is 7.67. The quantitative estimate of drug-likeness (QED) is 0.500. The molecule has 0 aromatic heterocycles. The topological polar surface area (TPSA) is 21.7 Å². The molecule has 0 fully saturated rings.